The second kappa shape index (κ2) is 5.30. The van der Waals surface area contributed by atoms with E-state index in [4.69, 9.17) is 0 Å². The molecule has 2 nitrogen and oxygen atoms in total. The van der Waals surface area contributed by atoms with Crippen LogP contribution in [0.1, 0.15) is 5.56 Å². The van der Waals surface area contributed by atoms with E-state index < -0.39 is 0 Å². The highest BCUT2D eigenvalue weighted by Crippen LogP contribution is 2.12. The second-order valence-electron chi connectivity index (χ2n) is 4.03. The van der Waals surface area contributed by atoms with E-state index in [-0.39, 0.29) is 0 Å². The standard InChI is InChI=1S/C15H16N2/c1-13-8-6-7-11-15(13)16-12-17(2)14-9-4-3-5-10-14/h3-12H,1-2H3/p+1. The number of aryl methyl sites for hydroxylation is 1. The van der Waals surface area contributed by atoms with Gasteiger partial charge >= 0.3 is 0 Å². The van der Waals surface area contributed by atoms with Gasteiger partial charge in [-0.2, -0.15) is 0 Å². The van der Waals surface area contributed by atoms with Crippen LogP contribution in [0.15, 0.2) is 54.6 Å². The van der Waals surface area contributed by atoms with E-state index in [1.54, 1.807) is 0 Å². The summed E-state index contributed by atoms with van der Waals surface area (Å²) in [4.78, 5) is 0. The minimum atomic E-state index is 1.13. The van der Waals surface area contributed by atoms with Crippen LogP contribution in [0.2, 0.25) is 0 Å². The molecule has 0 heterocycles. The molecule has 0 aliphatic rings. The fourth-order valence-electron chi connectivity index (χ4n) is 1.64. The van der Waals surface area contributed by atoms with Crippen molar-refractivity contribution in [1.29, 1.82) is 0 Å². The Morgan fingerprint density at radius 3 is 2.29 bits per heavy atom. The minimum Gasteiger partial charge on any atom is -0.247 e. The van der Waals surface area contributed by atoms with Gasteiger partial charge in [0, 0.05) is 0 Å². The van der Waals surface area contributed by atoms with Gasteiger partial charge in [0.25, 0.3) is 0 Å². The van der Waals surface area contributed by atoms with E-state index in [2.05, 4.69) is 41.1 Å². The van der Waals surface area contributed by atoms with Gasteiger partial charge in [-0.1, -0.05) is 36.4 Å². The maximum absolute atomic E-state index is 3.31. The highest BCUT2D eigenvalue weighted by molar-refractivity contribution is 5.74. The zero-order valence-electron chi connectivity index (χ0n) is 10.2. The molecular weight excluding hydrogens is 208 g/mol. The molecule has 0 aromatic heterocycles. The predicted octanol–water partition coefficient (Wildman–Crippen LogP) is 3.41. The van der Waals surface area contributed by atoms with Crippen LogP contribution >= 0.6 is 0 Å². The number of rotatable bonds is 3. The molecule has 0 saturated heterocycles. The summed E-state index contributed by atoms with van der Waals surface area (Å²) < 4.78 is 2.06. The van der Waals surface area contributed by atoms with Gasteiger partial charge in [0.05, 0.1) is 7.05 Å². The minimum absolute atomic E-state index is 1.13. The quantitative estimate of drug-likeness (QED) is 0.480. The molecule has 2 aromatic carbocycles. The van der Waals surface area contributed by atoms with Gasteiger partial charge in [-0.05, 0) is 30.7 Å². The second-order valence-corrected chi connectivity index (χ2v) is 4.03. The van der Waals surface area contributed by atoms with Gasteiger partial charge in [-0.15, -0.1) is 0 Å². The van der Waals surface area contributed by atoms with Crippen LogP contribution in [-0.2, 0) is 0 Å². The number of nitrogens with zero attached hydrogens (tertiary/aromatic N) is 1. The summed E-state index contributed by atoms with van der Waals surface area (Å²) >= 11 is 0. The zero-order valence-corrected chi connectivity index (χ0v) is 10.2. The summed E-state index contributed by atoms with van der Waals surface area (Å²) in [6.07, 6.45) is 1.97. The Hall–Kier alpha value is -2.09. The van der Waals surface area contributed by atoms with Crippen molar-refractivity contribution >= 4 is 17.7 Å². The van der Waals surface area contributed by atoms with E-state index in [1.165, 1.54) is 5.56 Å². The smallest absolute Gasteiger partial charge is 0.242 e. The molecule has 2 aromatic rings. The first-order chi connectivity index (χ1) is 8.27. The number of para-hydroxylation sites is 2. The summed E-state index contributed by atoms with van der Waals surface area (Å²) in [5, 5.41) is 3.31. The third-order valence-corrected chi connectivity index (χ3v) is 2.72. The first-order valence-corrected chi connectivity index (χ1v) is 5.71. The summed E-state index contributed by atoms with van der Waals surface area (Å²) in [6, 6.07) is 18.5. The van der Waals surface area contributed by atoms with E-state index in [0.717, 1.165) is 11.4 Å². The molecule has 0 amide bonds. The first kappa shape index (κ1) is 11.4. The van der Waals surface area contributed by atoms with Crippen LogP contribution in [0.25, 0.3) is 0 Å². The van der Waals surface area contributed by atoms with Crippen molar-refractivity contribution in [2.24, 2.45) is 0 Å². The van der Waals surface area contributed by atoms with Gasteiger partial charge in [0.15, 0.2) is 0 Å². The molecule has 86 valence electrons. The van der Waals surface area contributed by atoms with Gasteiger partial charge in [-0.3, -0.25) is 0 Å². The lowest BCUT2D eigenvalue weighted by atomic mass is 10.2. The van der Waals surface area contributed by atoms with Gasteiger partial charge < -0.3 is 0 Å². The molecule has 0 fully saturated rings. The number of benzene rings is 2. The van der Waals surface area contributed by atoms with Crippen LogP contribution in [0.5, 0.6) is 0 Å². The van der Waals surface area contributed by atoms with Crippen molar-refractivity contribution in [3.63, 3.8) is 0 Å². The average molecular weight is 225 g/mol. The van der Waals surface area contributed by atoms with Gasteiger partial charge in [0.2, 0.25) is 6.34 Å². The molecule has 0 unspecified atom stereocenters. The van der Waals surface area contributed by atoms with Crippen LogP contribution in [0.3, 0.4) is 0 Å². The number of nitrogens with one attached hydrogen (secondary N) is 1. The van der Waals surface area contributed by atoms with Crippen molar-refractivity contribution in [2.75, 3.05) is 12.4 Å². The molecular formula is C15H17N2+. The van der Waals surface area contributed by atoms with Crippen molar-refractivity contribution in [2.45, 2.75) is 6.92 Å². The number of hydrogen-bond donors (Lipinski definition) is 1. The molecule has 0 spiro atoms. The highest BCUT2D eigenvalue weighted by atomic mass is 15.1. The molecule has 1 N–H and O–H groups in total. The monoisotopic (exact) mass is 225 g/mol. The van der Waals surface area contributed by atoms with Crippen molar-refractivity contribution in [3.05, 3.63) is 60.2 Å². The zero-order chi connectivity index (χ0) is 12.1. The summed E-state index contributed by atoms with van der Waals surface area (Å²) in [5.41, 5.74) is 3.54. The van der Waals surface area contributed by atoms with Crippen molar-refractivity contribution < 1.29 is 4.58 Å². The highest BCUT2D eigenvalue weighted by Gasteiger charge is 2.00. The van der Waals surface area contributed by atoms with Crippen LogP contribution in [0, 0.1) is 6.92 Å². The fraction of sp³-hybridized carbons (Fsp3) is 0.133. The summed E-state index contributed by atoms with van der Waals surface area (Å²) in [6.45, 7) is 2.10. The summed E-state index contributed by atoms with van der Waals surface area (Å²) in [7, 11) is 2.03. The van der Waals surface area contributed by atoms with E-state index in [9.17, 15) is 0 Å². The van der Waals surface area contributed by atoms with Crippen LogP contribution < -0.4 is 5.32 Å². The maximum atomic E-state index is 3.31. The van der Waals surface area contributed by atoms with Crippen molar-refractivity contribution in [3.8, 4) is 0 Å². The molecule has 0 bridgehead atoms. The van der Waals surface area contributed by atoms with E-state index in [0.29, 0.717) is 0 Å². The Kier molecular flexibility index (Phi) is 3.55. The normalized spacial score (nSPS) is 11.3. The summed E-state index contributed by atoms with van der Waals surface area (Å²) in [5.74, 6) is 0. The molecule has 17 heavy (non-hydrogen) atoms. The van der Waals surface area contributed by atoms with Gasteiger partial charge in [-0.25, -0.2) is 9.89 Å². The Bertz CT molecular complexity index is 515. The lowest BCUT2D eigenvalue weighted by Gasteiger charge is -2.02. The largest absolute Gasteiger partial charge is 0.247 e. The molecule has 0 aliphatic carbocycles. The SMILES string of the molecule is Cc1ccccc1NC=[N+](C)c1ccccc1. The van der Waals surface area contributed by atoms with E-state index >= 15 is 0 Å². The number of hydrogen-bond acceptors (Lipinski definition) is 0. The lowest BCUT2D eigenvalue weighted by molar-refractivity contribution is -0.399. The average Bonchev–Trinajstić information content (AvgIpc) is 2.38. The Labute approximate surface area is 102 Å². The lowest BCUT2D eigenvalue weighted by Crippen LogP contribution is -2.08. The Morgan fingerprint density at radius 1 is 0.941 bits per heavy atom. The van der Waals surface area contributed by atoms with E-state index in [1.807, 2.05) is 43.7 Å². The Balaban J connectivity index is 2.14. The fourth-order valence-corrected chi connectivity index (χ4v) is 1.64. The van der Waals surface area contributed by atoms with Crippen LogP contribution in [0.4, 0.5) is 11.4 Å². The van der Waals surface area contributed by atoms with Crippen LogP contribution in [-0.4, -0.2) is 18.0 Å². The molecule has 2 heteroatoms. The first-order valence-electron chi connectivity index (χ1n) is 5.71. The Morgan fingerprint density at radius 2 is 1.59 bits per heavy atom. The molecule has 0 saturated carbocycles. The molecule has 0 radical (unpaired) electrons. The van der Waals surface area contributed by atoms with Crippen molar-refractivity contribution in [1.82, 2.24) is 0 Å². The number of anilines is 1. The molecule has 0 aliphatic heterocycles. The third-order valence-electron chi connectivity index (χ3n) is 2.72. The molecule has 2 rings (SSSR count). The molecule has 0 atom stereocenters. The predicted molar refractivity (Wildman–Crippen MR) is 73.2 cm³/mol. The maximum Gasteiger partial charge on any atom is 0.242 e. The van der Waals surface area contributed by atoms with Gasteiger partial charge in [0.1, 0.15) is 11.4 Å². The third kappa shape index (κ3) is 2.94. The topological polar surface area (TPSA) is 15.0 Å².